The Morgan fingerprint density at radius 2 is 0.730 bits per heavy atom. The minimum atomic E-state index is 0.532. The van der Waals surface area contributed by atoms with Crippen molar-refractivity contribution in [2.24, 2.45) is 0 Å². The SMILES string of the molecule is c1ccc2cc(-c3ccc4c(ccc5cc(N(c6ccc(-c7cc8c(nn7)oc7ccccc78)cc6)c6ccc(-c7cc8c(nn7)oc7ccccc78)cc6)ccc54)c3)ccc2c1. The number of fused-ring (bicyclic) bond motifs is 10. The summed E-state index contributed by atoms with van der Waals surface area (Å²) in [6.45, 7) is 0. The molecule has 0 saturated heterocycles. The Hall–Kier alpha value is -8.68. The maximum atomic E-state index is 5.96. The van der Waals surface area contributed by atoms with Crippen molar-refractivity contribution in [2.45, 2.75) is 0 Å². The molecule has 0 amide bonds. The van der Waals surface area contributed by atoms with E-state index in [4.69, 9.17) is 8.83 Å². The molecule has 4 aromatic heterocycles. The summed E-state index contributed by atoms with van der Waals surface area (Å²) >= 11 is 0. The van der Waals surface area contributed by atoms with Gasteiger partial charge in [-0.15, -0.1) is 20.4 Å². The van der Waals surface area contributed by atoms with Gasteiger partial charge < -0.3 is 13.7 Å². The minimum absolute atomic E-state index is 0.532. The van der Waals surface area contributed by atoms with Gasteiger partial charge in [-0.2, -0.15) is 0 Å². The van der Waals surface area contributed by atoms with Gasteiger partial charge in [0.25, 0.3) is 0 Å². The van der Waals surface area contributed by atoms with Crippen molar-refractivity contribution in [3.05, 3.63) is 200 Å². The van der Waals surface area contributed by atoms with Gasteiger partial charge in [0, 0.05) is 39.0 Å². The zero-order chi connectivity index (χ0) is 41.4. The summed E-state index contributed by atoms with van der Waals surface area (Å²) in [6, 6.07) is 70.3. The number of aromatic nitrogens is 4. The zero-order valence-corrected chi connectivity index (χ0v) is 33.6. The smallest absolute Gasteiger partial charge is 0.247 e. The average Bonchev–Trinajstić information content (AvgIpc) is 3.92. The van der Waals surface area contributed by atoms with Gasteiger partial charge in [0.1, 0.15) is 11.2 Å². The van der Waals surface area contributed by atoms with Gasteiger partial charge in [0.2, 0.25) is 11.4 Å². The number of nitrogens with zero attached hydrogens (tertiary/aromatic N) is 5. The van der Waals surface area contributed by atoms with Crippen LogP contribution in [0.25, 0.3) is 110 Å². The van der Waals surface area contributed by atoms with E-state index in [1.807, 2.05) is 36.4 Å². The Morgan fingerprint density at radius 1 is 0.286 bits per heavy atom. The van der Waals surface area contributed by atoms with E-state index in [1.54, 1.807) is 0 Å². The molecule has 7 heteroatoms. The van der Waals surface area contributed by atoms with Crippen LogP contribution in [0.3, 0.4) is 0 Å². The van der Waals surface area contributed by atoms with E-state index in [2.05, 4.69) is 189 Å². The number of hydrogen-bond acceptors (Lipinski definition) is 7. The third kappa shape index (κ3) is 5.90. The molecule has 0 spiro atoms. The van der Waals surface area contributed by atoms with Crippen LogP contribution < -0.4 is 4.90 Å². The lowest BCUT2D eigenvalue weighted by molar-refractivity contribution is 0.645. The third-order valence-corrected chi connectivity index (χ3v) is 12.3. The Labute approximate surface area is 360 Å². The monoisotopic (exact) mass is 807 g/mol. The molecule has 4 heterocycles. The number of benzene rings is 9. The molecule has 0 fully saturated rings. The quantitative estimate of drug-likeness (QED) is 0.155. The highest BCUT2D eigenvalue weighted by Crippen LogP contribution is 2.40. The summed E-state index contributed by atoms with van der Waals surface area (Å²) in [5.41, 5.74) is 11.6. The highest BCUT2D eigenvalue weighted by Gasteiger charge is 2.17. The van der Waals surface area contributed by atoms with E-state index < -0.39 is 0 Å². The molecule has 7 nitrogen and oxygen atoms in total. The number of anilines is 3. The maximum Gasteiger partial charge on any atom is 0.247 e. The molecule has 0 radical (unpaired) electrons. The largest absolute Gasteiger partial charge is 0.436 e. The molecular weight excluding hydrogens is 775 g/mol. The van der Waals surface area contributed by atoms with Gasteiger partial charge in [0.05, 0.1) is 22.2 Å². The molecule has 0 aliphatic rings. The topological polar surface area (TPSA) is 81.1 Å². The van der Waals surface area contributed by atoms with Crippen molar-refractivity contribution in [3.8, 4) is 33.6 Å². The zero-order valence-electron chi connectivity index (χ0n) is 33.6. The first-order valence-electron chi connectivity index (χ1n) is 20.9. The third-order valence-electron chi connectivity index (χ3n) is 12.3. The van der Waals surface area contributed by atoms with Crippen LogP contribution in [0.2, 0.25) is 0 Å². The van der Waals surface area contributed by atoms with Crippen LogP contribution in [-0.2, 0) is 0 Å². The summed E-state index contributed by atoms with van der Waals surface area (Å²) in [5, 5.41) is 29.2. The number of hydrogen-bond donors (Lipinski definition) is 0. The normalized spacial score (nSPS) is 11.8. The van der Waals surface area contributed by atoms with Gasteiger partial charge in [0.15, 0.2) is 0 Å². The van der Waals surface area contributed by atoms with E-state index in [-0.39, 0.29) is 0 Å². The van der Waals surface area contributed by atoms with Crippen molar-refractivity contribution in [1.82, 2.24) is 20.4 Å². The lowest BCUT2D eigenvalue weighted by Gasteiger charge is -2.26. The Balaban J connectivity index is 0.891. The van der Waals surface area contributed by atoms with Crippen molar-refractivity contribution in [1.29, 1.82) is 0 Å². The fourth-order valence-electron chi connectivity index (χ4n) is 9.10. The second-order valence-corrected chi connectivity index (χ2v) is 16.0. The van der Waals surface area contributed by atoms with E-state index in [9.17, 15) is 0 Å². The van der Waals surface area contributed by atoms with E-state index in [0.717, 1.165) is 77.7 Å². The molecule has 0 aliphatic heterocycles. The van der Waals surface area contributed by atoms with Crippen molar-refractivity contribution in [3.63, 3.8) is 0 Å². The Morgan fingerprint density at radius 3 is 1.33 bits per heavy atom. The molecule has 0 saturated carbocycles. The number of para-hydroxylation sites is 2. The molecule has 0 aliphatic carbocycles. The summed E-state index contributed by atoms with van der Waals surface area (Å²) < 4.78 is 11.9. The van der Waals surface area contributed by atoms with E-state index in [1.165, 1.54) is 38.1 Å². The second kappa shape index (κ2) is 13.9. The molecule has 13 rings (SSSR count). The fraction of sp³-hybridized carbons (Fsp3) is 0. The van der Waals surface area contributed by atoms with Crippen molar-refractivity contribution >= 4 is 93.5 Å². The highest BCUT2D eigenvalue weighted by molar-refractivity contribution is 6.10. The summed E-state index contributed by atoms with van der Waals surface area (Å²) in [5.74, 6) is 0. The molecule has 0 bridgehead atoms. The number of furan rings is 2. The lowest BCUT2D eigenvalue weighted by Crippen LogP contribution is -2.10. The van der Waals surface area contributed by atoms with Crippen LogP contribution in [-0.4, -0.2) is 20.4 Å². The predicted molar refractivity (Wildman–Crippen MR) is 256 cm³/mol. The lowest BCUT2D eigenvalue weighted by atomic mass is 9.96. The predicted octanol–water partition coefficient (Wildman–Crippen LogP) is 15.0. The molecule has 0 unspecified atom stereocenters. The van der Waals surface area contributed by atoms with Crippen LogP contribution in [0, 0.1) is 0 Å². The molecular formula is C56H33N5O2. The summed E-state index contributed by atoms with van der Waals surface area (Å²) in [6.07, 6.45) is 0. The van der Waals surface area contributed by atoms with Crippen LogP contribution in [0.15, 0.2) is 209 Å². The molecule has 13 aromatic rings. The van der Waals surface area contributed by atoms with E-state index in [0.29, 0.717) is 11.4 Å². The van der Waals surface area contributed by atoms with Gasteiger partial charge in [-0.25, -0.2) is 0 Å². The average molecular weight is 808 g/mol. The first-order valence-corrected chi connectivity index (χ1v) is 20.9. The Bertz CT molecular complexity index is 3770. The second-order valence-electron chi connectivity index (χ2n) is 16.0. The Kier molecular flexibility index (Phi) is 7.77. The molecule has 63 heavy (non-hydrogen) atoms. The standard InChI is InChI=1S/C56H33N5O2/c1-2-8-37-29-38(14-13-34(37)7-1)39-21-27-45-40(30-39)15-16-41-31-44(26-28-46(41)45)61(42-22-17-35(18-23-42)51-32-49-47-9-3-5-11-53(47)62-55(49)59-57-51)43-24-19-36(20-25-43)52-33-50-48-10-4-6-12-54(48)63-56(50)60-58-52/h1-33H. The van der Waals surface area contributed by atoms with E-state index >= 15 is 0 Å². The van der Waals surface area contributed by atoms with Gasteiger partial charge >= 0.3 is 0 Å². The maximum absolute atomic E-state index is 5.96. The first kappa shape index (κ1) is 35.1. The van der Waals surface area contributed by atoms with Crippen molar-refractivity contribution < 1.29 is 8.83 Å². The van der Waals surface area contributed by atoms with Gasteiger partial charge in [-0.3, -0.25) is 0 Å². The van der Waals surface area contributed by atoms with Crippen LogP contribution in [0.5, 0.6) is 0 Å². The highest BCUT2D eigenvalue weighted by atomic mass is 16.3. The summed E-state index contributed by atoms with van der Waals surface area (Å²) in [4.78, 5) is 2.29. The fourth-order valence-corrected chi connectivity index (χ4v) is 9.10. The molecule has 294 valence electrons. The van der Waals surface area contributed by atoms with Crippen LogP contribution in [0.4, 0.5) is 17.1 Å². The molecule has 0 N–H and O–H groups in total. The van der Waals surface area contributed by atoms with Gasteiger partial charge in [-0.05, 0) is 116 Å². The van der Waals surface area contributed by atoms with Crippen LogP contribution >= 0.6 is 0 Å². The minimum Gasteiger partial charge on any atom is -0.436 e. The van der Waals surface area contributed by atoms with Crippen LogP contribution in [0.1, 0.15) is 0 Å². The van der Waals surface area contributed by atoms with Crippen molar-refractivity contribution in [2.75, 3.05) is 4.90 Å². The first-order chi connectivity index (χ1) is 31.2. The molecule has 0 atom stereocenters. The summed E-state index contributed by atoms with van der Waals surface area (Å²) in [7, 11) is 0. The van der Waals surface area contributed by atoms with Gasteiger partial charge in [-0.1, -0.05) is 127 Å². The number of rotatable bonds is 6. The molecule has 9 aromatic carbocycles.